The van der Waals surface area contributed by atoms with E-state index in [0.717, 1.165) is 30.8 Å². The number of aryl methyl sites for hydroxylation is 1. The molecule has 0 aliphatic carbocycles. The van der Waals surface area contributed by atoms with Crippen LogP contribution < -0.4 is 10.0 Å². The highest BCUT2D eigenvalue weighted by Crippen LogP contribution is 2.30. The van der Waals surface area contributed by atoms with Gasteiger partial charge in [-0.25, -0.2) is 22.2 Å². The van der Waals surface area contributed by atoms with Crippen LogP contribution >= 0.6 is 11.3 Å². The van der Waals surface area contributed by atoms with Crippen molar-refractivity contribution >= 4 is 32.9 Å². The van der Waals surface area contributed by atoms with Gasteiger partial charge in [-0.2, -0.15) is 0 Å². The van der Waals surface area contributed by atoms with E-state index in [-0.39, 0.29) is 17.1 Å². The molecule has 2 heterocycles. The number of nitrogens with one attached hydrogen (secondary N) is 2. The zero-order valence-corrected chi connectivity index (χ0v) is 18.5. The van der Waals surface area contributed by atoms with Gasteiger partial charge in [0.15, 0.2) is 17.5 Å². The topological polar surface area (TPSA) is 74.3 Å². The predicted molar refractivity (Wildman–Crippen MR) is 118 cm³/mol. The summed E-state index contributed by atoms with van der Waals surface area (Å²) in [7, 11) is -4.32. The van der Waals surface area contributed by atoms with Crippen molar-refractivity contribution in [3.05, 3.63) is 69.5 Å². The van der Waals surface area contributed by atoms with Crippen LogP contribution in [0.25, 0.3) is 0 Å². The largest absolute Gasteiger partial charge is 0.378 e. The number of sulfonamides is 1. The molecule has 0 unspecified atom stereocenters. The van der Waals surface area contributed by atoms with Crippen LogP contribution in [0.4, 0.5) is 20.3 Å². The molecular weight excluding hydrogens is 442 g/mol. The summed E-state index contributed by atoms with van der Waals surface area (Å²) in [5, 5.41) is 4.39. The van der Waals surface area contributed by atoms with Crippen molar-refractivity contribution in [1.82, 2.24) is 9.88 Å². The summed E-state index contributed by atoms with van der Waals surface area (Å²) >= 11 is 1.18. The minimum atomic E-state index is -4.32. The zero-order valence-electron chi connectivity index (χ0n) is 16.9. The smallest absolute Gasteiger partial charge is 0.266 e. The van der Waals surface area contributed by atoms with Crippen LogP contribution in [0, 0.1) is 18.6 Å². The molecule has 0 saturated carbocycles. The van der Waals surface area contributed by atoms with Crippen molar-refractivity contribution in [3.63, 3.8) is 0 Å². The number of likely N-dealkylation sites (tertiary alicyclic amines) is 1. The van der Waals surface area contributed by atoms with Crippen LogP contribution in [0.2, 0.25) is 0 Å². The van der Waals surface area contributed by atoms with Gasteiger partial charge in [0.05, 0.1) is 11.2 Å². The first-order valence-electron chi connectivity index (χ1n) is 9.78. The van der Waals surface area contributed by atoms with Gasteiger partial charge in [0.1, 0.15) is 4.90 Å². The highest BCUT2D eigenvalue weighted by atomic mass is 32.2. The first kappa shape index (κ1) is 21.7. The van der Waals surface area contributed by atoms with Crippen LogP contribution in [0.5, 0.6) is 0 Å². The Kier molecular flexibility index (Phi) is 6.22. The minimum Gasteiger partial charge on any atom is -0.378 e. The number of hydrogen-bond acceptors (Lipinski definition) is 6. The minimum absolute atomic E-state index is 0.0604. The van der Waals surface area contributed by atoms with Gasteiger partial charge < -0.3 is 5.32 Å². The van der Waals surface area contributed by atoms with Gasteiger partial charge in [0, 0.05) is 18.5 Å². The van der Waals surface area contributed by atoms with Gasteiger partial charge in [-0.3, -0.25) is 9.62 Å². The zero-order chi connectivity index (χ0) is 22.0. The second-order valence-electron chi connectivity index (χ2n) is 7.43. The van der Waals surface area contributed by atoms with E-state index in [4.69, 9.17) is 0 Å². The Morgan fingerprint density at radius 3 is 2.55 bits per heavy atom. The highest BCUT2D eigenvalue weighted by Gasteiger charge is 2.27. The van der Waals surface area contributed by atoms with Crippen molar-refractivity contribution in [1.29, 1.82) is 0 Å². The Morgan fingerprint density at radius 1 is 1.16 bits per heavy atom. The average Bonchev–Trinajstić information content (AvgIpc) is 3.19. The summed E-state index contributed by atoms with van der Waals surface area (Å²) in [6.07, 6.45) is 1.19. The van der Waals surface area contributed by atoms with Gasteiger partial charge in [0.25, 0.3) is 10.0 Å². The Hall–Kier alpha value is -2.56. The molecule has 1 aliphatic heterocycles. The van der Waals surface area contributed by atoms with E-state index in [1.807, 2.05) is 24.3 Å². The number of aromatic nitrogens is 1. The van der Waals surface area contributed by atoms with Gasteiger partial charge in [-0.15, -0.1) is 11.3 Å². The van der Waals surface area contributed by atoms with Crippen LogP contribution in [0.15, 0.2) is 46.1 Å². The van der Waals surface area contributed by atoms with E-state index in [1.165, 1.54) is 41.6 Å². The first-order valence-corrected chi connectivity index (χ1v) is 12.2. The molecule has 164 valence electrons. The Balaban J connectivity index is 1.56. The van der Waals surface area contributed by atoms with Gasteiger partial charge >= 0.3 is 0 Å². The number of hydrogen-bond donors (Lipinski definition) is 2. The third-order valence-corrected chi connectivity index (χ3v) is 7.32. The van der Waals surface area contributed by atoms with Crippen molar-refractivity contribution in [2.45, 2.75) is 31.3 Å². The Bertz CT molecular complexity index is 1180. The standard InChI is InChI=1S/C21H22F2N4O2S2/c1-14-9-17(24-10-15-5-2-3-6-16(15)11-27-7-4-8-27)19(22)20(23)21(14)31(28,29)26-18-12-30-13-25-18/h2-3,5-6,9,12-13,24,26H,4,7-8,10-11H2,1H3. The second kappa shape index (κ2) is 8.89. The number of benzene rings is 2. The second-order valence-corrected chi connectivity index (χ2v) is 9.77. The van der Waals surface area contributed by atoms with Crippen molar-refractivity contribution in [3.8, 4) is 0 Å². The van der Waals surface area contributed by atoms with Crippen LogP contribution in [-0.4, -0.2) is 31.4 Å². The molecule has 0 spiro atoms. The van der Waals surface area contributed by atoms with E-state index in [1.54, 1.807) is 0 Å². The SMILES string of the molecule is Cc1cc(NCc2ccccc2CN2CCC2)c(F)c(F)c1S(=O)(=O)Nc1cscn1. The molecule has 1 saturated heterocycles. The Labute approximate surface area is 184 Å². The lowest BCUT2D eigenvalue weighted by atomic mass is 10.0. The molecule has 10 heteroatoms. The normalized spacial score (nSPS) is 14.3. The molecule has 0 atom stereocenters. The van der Waals surface area contributed by atoms with Crippen LogP contribution in [-0.2, 0) is 23.1 Å². The van der Waals surface area contributed by atoms with Gasteiger partial charge in [-0.1, -0.05) is 24.3 Å². The lowest BCUT2D eigenvalue weighted by Gasteiger charge is -2.31. The first-order chi connectivity index (χ1) is 14.8. The highest BCUT2D eigenvalue weighted by molar-refractivity contribution is 7.92. The van der Waals surface area contributed by atoms with E-state index < -0.39 is 26.6 Å². The third-order valence-electron chi connectivity index (χ3n) is 5.22. The number of rotatable bonds is 8. The molecule has 2 N–H and O–H groups in total. The fraction of sp³-hybridized carbons (Fsp3) is 0.286. The molecule has 0 amide bonds. The summed E-state index contributed by atoms with van der Waals surface area (Å²) in [4.78, 5) is 5.42. The number of anilines is 2. The lowest BCUT2D eigenvalue weighted by molar-refractivity contribution is 0.172. The van der Waals surface area contributed by atoms with E-state index in [2.05, 4.69) is 19.9 Å². The third kappa shape index (κ3) is 4.70. The average molecular weight is 465 g/mol. The van der Waals surface area contributed by atoms with E-state index in [0.29, 0.717) is 6.54 Å². The molecule has 1 aliphatic rings. The number of thiazole rings is 1. The molecule has 2 aromatic carbocycles. The predicted octanol–water partition coefficient (Wildman–Crippen LogP) is 4.35. The van der Waals surface area contributed by atoms with Crippen LogP contribution in [0.1, 0.15) is 23.1 Å². The summed E-state index contributed by atoms with van der Waals surface area (Å²) in [6.45, 7) is 4.66. The monoisotopic (exact) mass is 464 g/mol. The molecule has 0 radical (unpaired) electrons. The molecule has 31 heavy (non-hydrogen) atoms. The summed E-state index contributed by atoms with van der Waals surface area (Å²) in [6, 6.07) is 9.14. The fourth-order valence-electron chi connectivity index (χ4n) is 3.50. The van der Waals surface area contributed by atoms with Crippen molar-refractivity contribution < 1.29 is 17.2 Å². The maximum absolute atomic E-state index is 14.8. The molecular formula is C21H22F2N4O2S2. The molecule has 6 nitrogen and oxygen atoms in total. The van der Waals surface area contributed by atoms with Crippen LogP contribution in [0.3, 0.4) is 0 Å². The van der Waals surface area contributed by atoms with Gasteiger partial charge in [0.2, 0.25) is 0 Å². The molecule has 4 rings (SSSR count). The maximum atomic E-state index is 14.8. The van der Waals surface area contributed by atoms with E-state index in [9.17, 15) is 17.2 Å². The van der Waals surface area contributed by atoms with Crippen molar-refractivity contribution in [2.24, 2.45) is 0 Å². The maximum Gasteiger partial charge on any atom is 0.266 e. The van der Waals surface area contributed by atoms with Crippen molar-refractivity contribution in [2.75, 3.05) is 23.1 Å². The summed E-state index contributed by atoms with van der Waals surface area (Å²) in [5.41, 5.74) is 3.56. The molecule has 1 aromatic heterocycles. The van der Waals surface area contributed by atoms with Gasteiger partial charge in [-0.05, 0) is 49.2 Å². The number of nitrogens with zero attached hydrogens (tertiary/aromatic N) is 2. The summed E-state index contributed by atoms with van der Waals surface area (Å²) < 4.78 is 56.9. The van der Waals surface area contributed by atoms with E-state index >= 15 is 0 Å². The fourth-order valence-corrected chi connectivity index (χ4v) is 5.36. The lowest BCUT2D eigenvalue weighted by Crippen LogP contribution is -2.36. The molecule has 3 aromatic rings. The quantitative estimate of drug-likeness (QED) is 0.519. The molecule has 0 bridgehead atoms. The Morgan fingerprint density at radius 2 is 1.90 bits per heavy atom. The molecule has 1 fully saturated rings. The number of halogens is 2. The summed E-state index contributed by atoms with van der Waals surface area (Å²) in [5.74, 6) is -2.59.